The summed E-state index contributed by atoms with van der Waals surface area (Å²) in [6, 6.07) is 10.8. The summed E-state index contributed by atoms with van der Waals surface area (Å²) in [5.74, 6) is 0.222. The molecule has 2 heteroatoms. The maximum Gasteiger partial charge on any atom is 0.220 e. The zero-order chi connectivity index (χ0) is 13.7. The molecule has 19 heavy (non-hydrogen) atoms. The van der Waals surface area contributed by atoms with Crippen LogP contribution in [0.3, 0.4) is 0 Å². The third-order valence-corrected chi connectivity index (χ3v) is 4.37. The van der Waals surface area contributed by atoms with E-state index < -0.39 is 0 Å². The number of amides is 1. The van der Waals surface area contributed by atoms with Crippen LogP contribution in [0.4, 0.5) is 0 Å². The van der Waals surface area contributed by atoms with Crippen molar-refractivity contribution in [2.45, 2.75) is 58.4 Å². The molecule has 0 aromatic heterocycles. The fourth-order valence-electron chi connectivity index (χ4n) is 3.10. The molecule has 1 N–H and O–H groups in total. The Morgan fingerprint density at radius 2 is 2.00 bits per heavy atom. The van der Waals surface area contributed by atoms with Crippen LogP contribution in [0.5, 0.6) is 0 Å². The first-order chi connectivity index (χ1) is 9.14. The van der Waals surface area contributed by atoms with Gasteiger partial charge in [0.05, 0.1) is 0 Å². The van der Waals surface area contributed by atoms with Crippen molar-refractivity contribution in [3.05, 3.63) is 35.9 Å². The Morgan fingerprint density at radius 1 is 1.26 bits per heavy atom. The number of unbranched alkanes of at least 4 members (excludes halogenated alkanes) is 2. The fraction of sp³-hybridized carbons (Fsp3) is 0.588. The monoisotopic (exact) mass is 259 g/mol. The Labute approximate surface area is 116 Å². The van der Waals surface area contributed by atoms with E-state index in [-0.39, 0.29) is 11.3 Å². The number of hydrogen-bond acceptors (Lipinski definition) is 1. The van der Waals surface area contributed by atoms with Crippen LogP contribution in [0.1, 0.15) is 51.5 Å². The van der Waals surface area contributed by atoms with E-state index in [1.165, 1.54) is 24.8 Å². The molecule has 1 fully saturated rings. The summed E-state index contributed by atoms with van der Waals surface area (Å²) in [5, 5.41) is 3.18. The van der Waals surface area contributed by atoms with E-state index in [0.29, 0.717) is 12.5 Å². The van der Waals surface area contributed by atoms with Crippen LogP contribution in [0.15, 0.2) is 30.3 Å². The number of carbonyl (C=O) groups is 1. The Kier molecular flexibility index (Phi) is 4.62. The third kappa shape index (κ3) is 3.59. The molecule has 0 radical (unpaired) electrons. The summed E-state index contributed by atoms with van der Waals surface area (Å²) in [4.78, 5) is 11.8. The predicted molar refractivity (Wildman–Crippen MR) is 78.9 cm³/mol. The highest BCUT2D eigenvalue weighted by Gasteiger charge is 2.42. The number of rotatable bonds is 6. The van der Waals surface area contributed by atoms with E-state index in [4.69, 9.17) is 0 Å². The molecular formula is C17H25NO. The van der Waals surface area contributed by atoms with E-state index in [0.717, 1.165) is 12.8 Å². The van der Waals surface area contributed by atoms with Crippen LogP contribution in [0, 0.1) is 5.41 Å². The van der Waals surface area contributed by atoms with Crippen LogP contribution in [-0.2, 0) is 11.2 Å². The highest BCUT2D eigenvalue weighted by molar-refractivity contribution is 5.80. The molecule has 0 saturated carbocycles. The molecular weight excluding hydrogens is 234 g/mol. The van der Waals surface area contributed by atoms with Gasteiger partial charge in [0.2, 0.25) is 5.91 Å². The van der Waals surface area contributed by atoms with Crippen LogP contribution in [0.2, 0.25) is 0 Å². The van der Waals surface area contributed by atoms with Gasteiger partial charge < -0.3 is 5.32 Å². The third-order valence-electron chi connectivity index (χ3n) is 4.37. The van der Waals surface area contributed by atoms with E-state index in [1.54, 1.807) is 0 Å². The average molecular weight is 259 g/mol. The van der Waals surface area contributed by atoms with Crippen LogP contribution >= 0.6 is 0 Å². The number of hydrogen-bond donors (Lipinski definition) is 1. The molecule has 2 rings (SSSR count). The minimum absolute atomic E-state index is 0.127. The Balaban J connectivity index is 2.02. The van der Waals surface area contributed by atoms with Crippen molar-refractivity contribution in [3.8, 4) is 0 Å². The Hall–Kier alpha value is -1.31. The average Bonchev–Trinajstić information content (AvgIpc) is 2.66. The Bertz CT molecular complexity index is 415. The molecule has 2 atom stereocenters. The van der Waals surface area contributed by atoms with E-state index in [2.05, 4.69) is 43.4 Å². The highest BCUT2D eigenvalue weighted by Crippen LogP contribution is 2.38. The summed E-state index contributed by atoms with van der Waals surface area (Å²) in [6.07, 6.45) is 6.52. The summed E-state index contributed by atoms with van der Waals surface area (Å²) in [7, 11) is 0. The van der Waals surface area contributed by atoms with Gasteiger partial charge in [-0.2, -0.15) is 0 Å². The van der Waals surface area contributed by atoms with Crippen molar-refractivity contribution in [1.82, 2.24) is 5.32 Å². The molecule has 1 aromatic carbocycles. The van der Waals surface area contributed by atoms with Crippen molar-refractivity contribution < 1.29 is 4.79 Å². The molecule has 0 spiro atoms. The normalized spacial score (nSPS) is 26.4. The largest absolute Gasteiger partial charge is 0.352 e. The second-order valence-electron chi connectivity index (χ2n) is 6.10. The first-order valence-electron chi connectivity index (χ1n) is 7.47. The Morgan fingerprint density at radius 3 is 2.68 bits per heavy atom. The SMILES string of the molecule is CCCCCC1(C)CC(=O)NC1Cc1ccccc1. The molecule has 2 unspecified atom stereocenters. The molecule has 1 aliphatic rings. The number of benzene rings is 1. The smallest absolute Gasteiger partial charge is 0.220 e. The molecule has 104 valence electrons. The van der Waals surface area contributed by atoms with Crippen molar-refractivity contribution in [3.63, 3.8) is 0 Å². The molecule has 1 aromatic rings. The van der Waals surface area contributed by atoms with E-state index in [1.807, 2.05) is 6.07 Å². The van der Waals surface area contributed by atoms with E-state index >= 15 is 0 Å². The quantitative estimate of drug-likeness (QED) is 0.775. The first kappa shape index (κ1) is 14.1. The van der Waals surface area contributed by atoms with Gasteiger partial charge in [0, 0.05) is 12.5 Å². The zero-order valence-corrected chi connectivity index (χ0v) is 12.1. The minimum Gasteiger partial charge on any atom is -0.352 e. The maximum atomic E-state index is 11.8. The minimum atomic E-state index is 0.127. The molecule has 1 saturated heterocycles. The lowest BCUT2D eigenvalue weighted by Gasteiger charge is -2.30. The summed E-state index contributed by atoms with van der Waals surface area (Å²) in [5.41, 5.74) is 1.44. The van der Waals surface area contributed by atoms with Crippen molar-refractivity contribution in [2.24, 2.45) is 5.41 Å². The molecule has 0 bridgehead atoms. The van der Waals surface area contributed by atoms with E-state index in [9.17, 15) is 4.79 Å². The standard InChI is InChI=1S/C17H25NO/c1-3-4-8-11-17(2)13-16(19)18-15(17)12-14-9-6-5-7-10-14/h5-7,9-10,15H,3-4,8,11-13H2,1-2H3,(H,18,19). The van der Waals surface area contributed by atoms with Crippen molar-refractivity contribution >= 4 is 5.91 Å². The zero-order valence-electron chi connectivity index (χ0n) is 12.1. The molecule has 1 aliphatic heterocycles. The lowest BCUT2D eigenvalue weighted by Crippen LogP contribution is -2.37. The van der Waals surface area contributed by atoms with Crippen molar-refractivity contribution in [2.75, 3.05) is 0 Å². The molecule has 1 heterocycles. The van der Waals surface area contributed by atoms with Gasteiger partial charge in [-0.15, -0.1) is 0 Å². The highest BCUT2D eigenvalue weighted by atomic mass is 16.2. The van der Waals surface area contributed by atoms with Crippen LogP contribution < -0.4 is 5.32 Å². The number of carbonyl (C=O) groups excluding carboxylic acids is 1. The van der Waals surface area contributed by atoms with Gasteiger partial charge in [-0.3, -0.25) is 4.79 Å². The van der Waals surface area contributed by atoms with Crippen molar-refractivity contribution in [1.29, 1.82) is 0 Å². The van der Waals surface area contributed by atoms with Crippen LogP contribution in [-0.4, -0.2) is 11.9 Å². The lowest BCUT2D eigenvalue weighted by atomic mass is 9.76. The van der Waals surface area contributed by atoms with Crippen LogP contribution in [0.25, 0.3) is 0 Å². The molecule has 1 amide bonds. The van der Waals surface area contributed by atoms with Gasteiger partial charge in [-0.1, -0.05) is 63.4 Å². The lowest BCUT2D eigenvalue weighted by molar-refractivity contribution is -0.119. The summed E-state index contributed by atoms with van der Waals surface area (Å²) in [6.45, 7) is 4.50. The predicted octanol–water partition coefficient (Wildman–Crippen LogP) is 3.70. The summed E-state index contributed by atoms with van der Waals surface area (Å²) >= 11 is 0. The fourth-order valence-corrected chi connectivity index (χ4v) is 3.10. The van der Waals surface area contributed by atoms with Gasteiger partial charge in [0.1, 0.15) is 0 Å². The first-order valence-corrected chi connectivity index (χ1v) is 7.47. The summed E-state index contributed by atoms with van der Waals surface area (Å²) < 4.78 is 0. The second-order valence-corrected chi connectivity index (χ2v) is 6.10. The van der Waals surface area contributed by atoms with Gasteiger partial charge in [-0.25, -0.2) is 0 Å². The second kappa shape index (κ2) is 6.23. The van der Waals surface area contributed by atoms with Gasteiger partial charge in [0.25, 0.3) is 0 Å². The molecule has 2 nitrogen and oxygen atoms in total. The number of nitrogens with one attached hydrogen (secondary N) is 1. The topological polar surface area (TPSA) is 29.1 Å². The van der Waals surface area contributed by atoms with Gasteiger partial charge >= 0.3 is 0 Å². The molecule has 0 aliphatic carbocycles. The van der Waals surface area contributed by atoms with Gasteiger partial charge in [0.15, 0.2) is 0 Å². The maximum absolute atomic E-state index is 11.8. The van der Waals surface area contributed by atoms with Gasteiger partial charge in [-0.05, 0) is 23.8 Å².